The highest BCUT2D eigenvalue weighted by atomic mass is 79.9. The van der Waals surface area contributed by atoms with Crippen molar-refractivity contribution in [1.29, 1.82) is 0 Å². The van der Waals surface area contributed by atoms with Crippen molar-refractivity contribution in [3.63, 3.8) is 0 Å². The van der Waals surface area contributed by atoms with Crippen LogP contribution in [0.2, 0.25) is 0 Å². The molecule has 0 fully saturated rings. The van der Waals surface area contributed by atoms with Crippen molar-refractivity contribution in [3.8, 4) is 5.75 Å². The Hall–Kier alpha value is -0.540. The minimum absolute atomic E-state index is 0.150. The van der Waals surface area contributed by atoms with Crippen molar-refractivity contribution in [3.05, 3.63) is 27.7 Å². The van der Waals surface area contributed by atoms with Gasteiger partial charge in [0, 0.05) is 10.5 Å². The SMILES string of the molecule is CCCCCOc1c(C)cc(Br)cc1CC(C)N. The number of nitrogens with two attached hydrogens (primary N) is 1. The molecule has 0 aromatic heterocycles. The molecule has 1 aromatic rings. The number of rotatable bonds is 7. The van der Waals surface area contributed by atoms with Crippen LogP contribution in [0.5, 0.6) is 5.75 Å². The van der Waals surface area contributed by atoms with Crippen LogP contribution in [0.1, 0.15) is 44.2 Å². The molecule has 0 bridgehead atoms. The lowest BCUT2D eigenvalue weighted by molar-refractivity contribution is 0.300. The third-order valence-corrected chi connectivity index (χ3v) is 3.31. The zero-order valence-electron chi connectivity index (χ0n) is 11.6. The number of hydrogen-bond donors (Lipinski definition) is 1. The maximum Gasteiger partial charge on any atom is 0.125 e. The summed E-state index contributed by atoms with van der Waals surface area (Å²) in [5.41, 5.74) is 8.28. The first-order chi connectivity index (χ1) is 8.54. The fraction of sp³-hybridized carbons (Fsp3) is 0.600. The van der Waals surface area contributed by atoms with Crippen LogP contribution < -0.4 is 10.5 Å². The summed E-state index contributed by atoms with van der Waals surface area (Å²) >= 11 is 3.53. The smallest absolute Gasteiger partial charge is 0.125 e. The van der Waals surface area contributed by atoms with Gasteiger partial charge in [-0.3, -0.25) is 0 Å². The van der Waals surface area contributed by atoms with Gasteiger partial charge in [-0.1, -0.05) is 35.7 Å². The number of halogens is 1. The summed E-state index contributed by atoms with van der Waals surface area (Å²) < 4.78 is 7.04. The molecule has 0 saturated heterocycles. The molecule has 2 nitrogen and oxygen atoms in total. The lowest BCUT2D eigenvalue weighted by Crippen LogP contribution is -2.18. The van der Waals surface area contributed by atoms with Gasteiger partial charge in [-0.15, -0.1) is 0 Å². The Morgan fingerprint density at radius 1 is 1.33 bits per heavy atom. The molecular weight excluding hydrogens is 290 g/mol. The zero-order chi connectivity index (χ0) is 13.5. The molecular formula is C15H24BrNO. The number of ether oxygens (including phenoxy) is 1. The first-order valence-electron chi connectivity index (χ1n) is 6.72. The molecule has 0 saturated carbocycles. The summed E-state index contributed by atoms with van der Waals surface area (Å²) in [6.45, 7) is 7.11. The van der Waals surface area contributed by atoms with Gasteiger partial charge in [0.05, 0.1) is 6.61 Å². The summed E-state index contributed by atoms with van der Waals surface area (Å²) in [6, 6.07) is 4.36. The van der Waals surface area contributed by atoms with Crippen LogP contribution in [-0.4, -0.2) is 12.6 Å². The molecule has 0 aliphatic heterocycles. The largest absolute Gasteiger partial charge is 0.493 e. The van der Waals surface area contributed by atoms with E-state index in [1.807, 2.05) is 6.92 Å². The van der Waals surface area contributed by atoms with E-state index in [0.717, 1.165) is 29.7 Å². The Morgan fingerprint density at radius 2 is 2.06 bits per heavy atom. The Bertz CT molecular complexity index is 377. The van der Waals surface area contributed by atoms with Crippen molar-refractivity contribution in [1.82, 2.24) is 0 Å². The predicted octanol–water partition coefficient (Wildman–Crippen LogP) is 4.22. The van der Waals surface area contributed by atoms with Crippen LogP contribution >= 0.6 is 15.9 Å². The van der Waals surface area contributed by atoms with Gasteiger partial charge in [0.15, 0.2) is 0 Å². The first kappa shape index (κ1) is 15.5. The zero-order valence-corrected chi connectivity index (χ0v) is 13.2. The van der Waals surface area contributed by atoms with Crippen molar-refractivity contribution in [2.75, 3.05) is 6.61 Å². The first-order valence-corrected chi connectivity index (χ1v) is 7.51. The molecule has 0 radical (unpaired) electrons. The molecule has 1 unspecified atom stereocenters. The van der Waals surface area contributed by atoms with E-state index >= 15 is 0 Å². The van der Waals surface area contributed by atoms with Crippen LogP contribution in [0, 0.1) is 6.92 Å². The van der Waals surface area contributed by atoms with E-state index in [1.54, 1.807) is 0 Å². The number of hydrogen-bond acceptors (Lipinski definition) is 2. The van der Waals surface area contributed by atoms with E-state index in [4.69, 9.17) is 10.5 Å². The van der Waals surface area contributed by atoms with Gasteiger partial charge < -0.3 is 10.5 Å². The lowest BCUT2D eigenvalue weighted by Gasteiger charge is -2.16. The molecule has 1 rings (SSSR count). The Kier molecular flexibility index (Phi) is 6.72. The Balaban J connectivity index is 2.79. The van der Waals surface area contributed by atoms with E-state index in [0.29, 0.717) is 0 Å². The van der Waals surface area contributed by atoms with E-state index < -0.39 is 0 Å². The highest BCUT2D eigenvalue weighted by molar-refractivity contribution is 9.10. The highest BCUT2D eigenvalue weighted by Crippen LogP contribution is 2.29. The van der Waals surface area contributed by atoms with Crippen molar-refractivity contribution < 1.29 is 4.74 Å². The second-order valence-electron chi connectivity index (χ2n) is 4.95. The predicted molar refractivity (Wildman–Crippen MR) is 81.3 cm³/mol. The summed E-state index contributed by atoms with van der Waals surface area (Å²) in [4.78, 5) is 0. The average Bonchev–Trinajstić information content (AvgIpc) is 2.26. The molecule has 1 aromatic carbocycles. The number of benzene rings is 1. The molecule has 1 atom stereocenters. The molecule has 102 valence electrons. The van der Waals surface area contributed by atoms with Crippen LogP contribution in [0.4, 0.5) is 0 Å². The average molecular weight is 314 g/mol. The molecule has 3 heteroatoms. The topological polar surface area (TPSA) is 35.2 Å². The highest BCUT2D eigenvalue weighted by Gasteiger charge is 2.10. The van der Waals surface area contributed by atoms with Gasteiger partial charge >= 0.3 is 0 Å². The van der Waals surface area contributed by atoms with Crippen LogP contribution in [0.25, 0.3) is 0 Å². The number of unbranched alkanes of at least 4 members (excludes halogenated alkanes) is 2. The standard InChI is InChI=1S/C15H24BrNO/c1-4-5-6-7-18-15-11(2)8-14(16)10-13(15)9-12(3)17/h8,10,12H,4-7,9,17H2,1-3H3. The summed E-state index contributed by atoms with van der Waals surface area (Å²) in [6.07, 6.45) is 4.40. The molecule has 0 spiro atoms. The van der Waals surface area contributed by atoms with Crippen LogP contribution in [0.3, 0.4) is 0 Å². The molecule has 0 aliphatic rings. The maximum absolute atomic E-state index is 5.95. The molecule has 0 aliphatic carbocycles. The minimum atomic E-state index is 0.150. The fourth-order valence-electron chi connectivity index (χ4n) is 2.03. The van der Waals surface area contributed by atoms with Crippen molar-refractivity contribution >= 4 is 15.9 Å². The second-order valence-corrected chi connectivity index (χ2v) is 5.86. The third-order valence-electron chi connectivity index (χ3n) is 2.85. The quantitative estimate of drug-likeness (QED) is 0.765. The van der Waals surface area contributed by atoms with E-state index in [1.165, 1.54) is 24.0 Å². The van der Waals surface area contributed by atoms with Gasteiger partial charge in [-0.25, -0.2) is 0 Å². The van der Waals surface area contributed by atoms with Gasteiger partial charge in [0.1, 0.15) is 5.75 Å². The van der Waals surface area contributed by atoms with Crippen LogP contribution in [-0.2, 0) is 6.42 Å². The second kappa shape index (κ2) is 7.80. The van der Waals surface area contributed by atoms with Crippen molar-refractivity contribution in [2.24, 2.45) is 5.73 Å². The molecule has 18 heavy (non-hydrogen) atoms. The summed E-state index contributed by atoms with van der Waals surface area (Å²) in [5, 5.41) is 0. The monoisotopic (exact) mass is 313 g/mol. The van der Waals surface area contributed by atoms with Gasteiger partial charge in [-0.05, 0) is 49.9 Å². The fourth-order valence-corrected chi connectivity index (χ4v) is 2.65. The van der Waals surface area contributed by atoms with Gasteiger partial charge in [0.25, 0.3) is 0 Å². The van der Waals surface area contributed by atoms with E-state index in [-0.39, 0.29) is 6.04 Å². The van der Waals surface area contributed by atoms with Crippen LogP contribution in [0.15, 0.2) is 16.6 Å². The Labute approximate surface area is 119 Å². The third kappa shape index (κ3) is 4.99. The van der Waals surface area contributed by atoms with E-state index in [2.05, 4.69) is 41.9 Å². The van der Waals surface area contributed by atoms with Gasteiger partial charge in [-0.2, -0.15) is 0 Å². The maximum atomic E-state index is 5.95. The minimum Gasteiger partial charge on any atom is -0.493 e. The lowest BCUT2D eigenvalue weighted by atomic mass is 10.0. The summed E-state index contributed by atoms with van der Waals surface area (Å²) in [5.74, 6) is 1.02. The molecule has 0 amide bonds. The number of aryl methyl sites for hydroxylation is 1. The Morgan fingerprint density at radius 3 is 2.67 bits per heavy atom. The van der Waals surface area contributed by atoms with Gasteiger partial charge in [0.2, 0.25) is 0 Å². The summed E-state index contributed by atoms with van der Waals surface area (Å²) in [7, 11) is 0. The van der Waals surface area contributed by atoms with Crippen molar-refractivity contribution in [2.45, 2.75) is 52.5 Å². The van der Waals surface area contributed by atoms with E-state index in [9.17, 15) is 0 Å². The normalized spacial score (nSPS) is 12.5. The molecule has 0 heterocycles. The molecule has 2 N–H and O–H groups in total.